The number of aliphatic imine (C=N–C) groups is 1. The van der Waals surface area contributed by atoms with Crippen molar-refractivity contribution in [2.45, 2.75) is 6.92 Å². The number of hydrogen-bond acceptors (Lipinski definition) is 7. The van der Waals surface area contributed by atoms with Crippen molar-refractivity contribution in [1.29, 1.82) is 0 Å². The first-order valence-corrected chi connectivity index (χ1v) is 8.75. The molecule has 7 nitrogen and oxygen atoms in total. The average molecular weight is 399 g/mol. The Balaban J connectivity index is 1.81. The van der Waals surface area contributed by atoms with Gasteiger partial charge in [0, 0.05) is 0 Å². The Morgan fingerprint density at radius 1 is 1.21 bits per heavy atom. The summed E-state index contributed by atoms with van der Waals surface area (Å²) in [6.45, 7) is 1.71. The van der Waals surface area contributed by atoms with Gasteiger partial charge in [-0.3, -0.25) is 0 Å². The third-order valence-corrected chi connectivity index (χ3v) is 3.87. The molecule has 1 aliphatic rings. The van der Waals surface area contributed by atoms with E-state index in [9.17, 15) is 14.0 Å². The number of carbonyl (C=O) groups excluding carboxylic acids is 2. The number of cyclic esters (lactones) is 1. The lowest BCUT2D eigenvalue weighted by Gasteiger charge is -2.10. The molecule has 0 amide bonds. The molecule has 0 N–H and O–H groups in total. The second-order valence-electron chi connectivity index (χ2n) is 5.82. The predicted molar refractivity (Wildman–Crippen MR) is 102 cm³/mol. The number of esters is 2. The van der Waals surface area contributed by atoms with Crippen LogP contribution in [0.2, 0.25) is 0 Å². The molecule has 0 bridgehead atoms. The molecular weight excluding hydrogens is 381 g/mol. The number of halogens is 1. The van der Waals surface area contributed by atoms with E-state index < -0.39 is 17.8 Å². The lowest BCUT2D eigenvalue weighted by Crippen LogP contribution is -2.14. The number of carbonyl (C=O) groups is 2. The Labute approximate surface area is 166 Å². The van der Waals surface area contributed by atoms with Gasteiger partial charge in [-0.2, -0.15) is 0 Å². The van der Waals surface area contributed by atoms with Gasteiger partial charge in [0.25, 0.3) is 0 Å². The Bertz CT molecular complexity index is 998. The van der Waals surface area contributed by atoms with Gasteiger partial charge >= 0.3 is 11.9 Å². The summed E-state index contributed by atoms with van der Waals surface area (Å²) < 4.78 is 34.4. The number of hydrogen-bond donors (Lipinski definition) is 0. The van der Waals surface area contributed by atoms with Crippen molar-refractivity contribution < 1.29 is 32.9 Å². The molecule has 3 rings (SSSR count). The molecule has 29 heavy (non-hydrogen) atoms. The zero-order valence-corrected chi connectivity index (χ0v) is 15.8. The average Bonchev–Trinajstić information content (AvgIpc) is 3.07. The van der Waals surface area contributed by atoms with Crippen molar-refractivity contribution in [3.05, 3.63) is 65.1 Å². The van der Waals surface area contributed by atoms with Gasteiger partial charge in [-0.05, 0) is 42.8 Å². The van der Waals surface area contributed by atoms with Gasteiger partial charge in [-0.1, -0.05) is 18.2 Å². The molecule has 0 fully saturated rings. The van der Waals surface area contributed by atoms with Crippen LogP contribution in [-0.2, 0) is 19.1 Å². The van der Waals surface area contributed by atoms with Crippen LogP contribution in [0.4, 0.5) is 4.39 Å². The van der Waals surface area contributed by atoms with Gasteiger partial charge in [0.15, 0.2) is 23.8 Å². The highest BCUT2D eigenvalue weighted by Gasteiger charge is 2.26. The third kappa shape index (κ3) is 4.78. The molecule has 0 aromatic heterocycles. The maximum absolute atomic E-state index is 13.9. The minimum absolute atomic E-state index is 0.0190. The van der Waals surface area contributed by atoms with E-state index in [1.807, 2.05) is 0 Å². The monoisotopic (exact) mass is 399 g/mol. The van der Waals surface area contributed by atoms with Crippen LogP contribution >= 0.6 is 0 Å². The van der Waals surface area contributed by atoms with Crippen molar-refractivity contribution in [1.82, 2.24) is 0 Å². The van der Waals surface area contributed by atoms with Crippen LogP contribution in [0, 0.1) is 5.82 Å². The molecule has 0 saturated heterocycles. The highest BCUT2D eigenvalue weighted by molar-refractivity contribution is 6.12. The smallest absolute Gasteiger partial charge is 0.363 e. The summed E-state index contributed by atoms with van der Waals surface area (Å²) in [5.41, 5.74) is 0.700. The van der Waals surface area contributed by atoms with Gasteiger partial charge < -0.3 is 18.9 Å². The highest BCUT2D eigenvalue weighted by atomic mass is 19.1. The fraction of sp³-hybridized carbons (Fsp3) is 0.190. The van der Waals surface area contributed by atoms with E-state index in [0.717, 1.165) is 0 Å². The van der Waals surface area contributed by atoms with E-state index >= 15 is 0 Å². The predicted octanol–water partition coefficient (Wildman–Crippen LogP) is 3.12. The molecule has 2 aromatic rings. The van der Waals surface area contributed by atoms with Crippen LogP contribution in [0.25, 0.3) is 6.08 Å². The second-order valence-corrected chi connectivity index (χ2v) is 5.82. The summed E-state index contributed by atoms with van der Waals surface area (Å²) >= 11 is 0. The van der Waals surface area contributed by atoms with Gasteiger partial charge in [0.05, 0.1) is 19.3 Å². The van der Waals surface area contributed by atoms with Crippen LogP contribution in [0.1, 0.15) is 18.1 Å². The molecule has 1 heterocycles. The third-order valence-electron chi connectivity index (χ3n) is 3.87. The summed E-state index contributed by atoms with van der Waals surface area (Å²) in [5.74, 6) is -1.12. The topological polar surface area (TPSA) is 83.4 Å². The molecule has 0 radical (unpaired) electrons. The van der Waals surface area contributed by atoms with E-state index in [2.05, 4.69) is 4.99 Å². The SMILES string of the molecule is CCOC(=O)COc1ccc(/C=C2\N=C(c3ccccc3F)OC2=O)cc1OC. The summed E-state index contributed by atoms with van der Waals surface area (Å²) in [5, 5.41) is 0. The van der Waals surface area contributed by atoms with Crippen molar-refractivity contribution in [2.75, 3.05) is 20.3 Å². The zero-order chi connectivity index (χ0) is 20.8. The molecule has 0 aliphatic carbocycles. The molecule has 1 aliphatic heterocycles. The molecular formula is C21H18FNO6. The van der Waals surface area contributed by atoms with E-state index in [0.29, 0.717) is 17.1 Å². The molecule has 0 saturated carbocycles. The first kappa shape index (κ1) is 20.1. The van der Waals surface area contributed by atoms with Gasteiger partial charge in [-0.15, -0.1) is 0 Å². The quantitative estimate of drug-likeness (QED) is 0.526. The van der Waals surface area contributed by atoms with E-state index in [1.54, 1.807) is 31.2 Å². The number of nitrogens with zero attached hydrogens (tertiary/aromatic N) is 1. The lowest BCUT2D eigenvalue weighted by atomic mass is 10.1. The minimum Gasteiger partial charge on any atom is -0.493 e. The largest absolute Gasteiger partial charge is 0.493 e. The molecule has 8 heteroatoms. The van der Waals surface area contributed by atoms with Crippen molar-refractivity contribution in [3.63, 3.8) is 0 Å². The standard InChI is InChI=1S/C21H18FNO6/c1-3-27-19(24)12-28-17-9-8-13(11-18(17)26-2)10-16-21(25)29-20(23-16)14-6-4-5-7-15(14)22/h4-11H,3,12H2,1-2H3/b16-10-. The zero-order valence-electron chi connectivity index (χ0n) is 15.8. The lowest BCUT2D eigenvalue weighted by molar-refractivity contribution is -0.145. The number of ether oxygens (including phenoxy) is 4. The Morgan fingerprint density at radius 3 is 2.72 bits per heavy atom. The summed E-state index contributed by atoms with van der Waals surface area (Å²) in [6.07, 6.45) is 1.48. The molecule has 0 atom stereocenters. The van der Waals surface area contributed by atoms with Crippen molar-refractivity contribution in [3.8, 4) is 11.5 Å². The summed E-state index contributed by atoms with van der Waals surface area (Å²) in [6, 6.07) is 10.7. The maximum Gasteiger partial charge on any atom is 0.363 e. The van der Waals surface area contributed by atoms with Crippen LogP contribution in [0.5, 0.6) is 11.5 Å². The fourth-order valence-corrected chi connectivity index (χ4v) is 2.55. The Kier molecular flexibility index (Phi) is 6.23. The normalized spacial score (nSPS) is 14.4. The Morgan fingerprint density at radius 2 is 2.00 bits per heavy atom. The highest BCUT2D eigenvalue weighted by Crippen LogP contribution is 2.30. The van der Waals surface area contributed by atoms with Crippen LogP contribution in [0.15, 0.2) is 53.2 Å². The van der Waals surface area contributed by atoms with Crippen LogP contribution in [-0.4, -0.2) is 38.2 Å². The van der Waals surface area contributed by atoms with Crippen molar-refractivity contribution >= 4 is 23.9 Å². The van der Waals surface area contributed by atoms with Crippen LogP contribution in [0.3, 0.4) is 0 Å². The fourth-order valence-electron chi connectivity index (χ4n) is 2.55. The molecule has 2 aromatic carbocycles. The van der Waals surface area contributed by atoms with E-state index in [-0.39, 0.29) is 30.4 Å². The second kappa shape index (κ2) is 9.01. The number of methoxy groups -OCH3 is 1. The number of rotatable bonds is 7. The van der Waals surface area contributed by atoms with E-state index in [4.69, 9.17) is 18.9 Å². The summed E-state index contributed by atoms with van der Waals surface area (Å²) in [4.78, 5) is 27.6. The van der Waals surface area contributed by atoms with Gasteiger partial charge in [-0.25, -0.2) is 19.0 Å². The van der Waals surface area contributed by atoms with E-state index in [1.165, 1.54) is 31.4 Å². The molecule has 0 spiro atoms. The summed E-state index contributed by atoms with van der Waals surface area (Å²) in [7, 11) is 1.45. The molecule has 150 valence electrons. The molecule has 0 unspecified atom stereocenters. The van der Waals surface area contributed by atoms with Crippen molar-refractivity contribution in [2.24, 2.45) is 4.99 Å². The number of benzene rings is 2. The van der Waals surface area contributed by atoms with Gasteiger partial charge in [0.1, 0.15) is 5.82 Å². The maximum atomic E-state index is 13.9. The van der Waals surface area contributed by atoms with Crippen LogP contribution < -0.4 is 9.47 Å². The first-order valence-electron chi connectivity index (χ1n) is 8.75. The Hall–Kier alpha value is -3.68. The van der Waals surface area contributed by atoms with Gasteiger partial charge in [0.2, 0.25) is 5.90 Å². The first-order chi connectivity index (χ1) is 14.0. The minimum atomic E-state index is -0.690.